The molecule has 0 aromatic heterocycles. The van der Waals surface area contributed by atoms with Gasteiger partial charge in [0.2, 0.25) is 0 Å². The third-order valence-corrected chi connectivity index (χ3v) is 6.55. The standard InChI is InChI=1S/C16H13F3O4S2/c1-23-15(20)13-9-11(16(17,18)19)7-8-14(13)24-10-25(21,22)12-5-3-2-4-6-12/h2-9H,10H2,1H3. The van der Waals surface area contributed by atoms with Crippen molar-refractivity contribution in [3.63, 3.8) is 0 Å². The molecule has 0 fully saturated rings. The van der Waals surface area contributed by atoms with Crippen LogP contribution in [0.5, 0.6) is 0 Å². The minimum atomic E-state index is -4.62. The molecule has 4 nitrogen and oxygen atoms in total. The summed E-state index contributed by atoms with van der Waals surface area (Å²) in [6.07, 6.45) is -4.62. The molecule has 0 amide bonds. The van der Waals surface area contributed by atoms with Crippen LogP contribution in [0.15, 0.2) is 58.3 Å². The van der Waals surface area contributed by atoms with Crippen molar-refractivity contribution in [2.24, 2.45) is 0 Å². The van der Waals surface area contributed by atoms with Crippen molar-refractivity contribution in [1.82, 2.24) is 0 Å². The van der Waals surface area contributed by atoms with Gasteiger partial charge in [-0.3, -0.25) is 0 Å². The molecule has 2 rings (SSSR count). The van der Waals surface area contributed by atoms with Crippen molar-refractivity contribution in [3.8, 4) is 0 Å². The third-order valence-electron chi connectivity index (χ3n) is 3.18. The van der Waals surface area contributed by atoms with Crippen LogP contribution in [-0.4, -0.2) is 26.6 Å². The fourth-order valence-electron chi connectivity index (χ4n) is 1.94. The van der Waals surface area contributed by atoms with Gasteiger partial charge in [0.1, 0.15) is 5.08 Å². The maximum atomic E-state index is 12.8. The molecule has 2 aromatic carbocycles. The smallest absolute Gasteiger partial charge is 0.416 e. The predicted octanol–water partition coefficient (Wildman–Crippen LogP) is 4.02. The van der Waals surface area contributed by atoms with Crippen LogP contribution in [0.25, 0.3) is 0 Å². The molecule has 0 saturated heterocycles. The zero-order valence-electron chi connectivity index (χ0n) is 12.9. The first-order valence-electron chi connectivity index (χ1n) is 6.85. The van der Waals surface area contributed by atoms with Crippen molar-refractivity contribution in [1.29, 1.82) is 0 Å². The normalized spacial score (nSPS) is 12.0. The fraction of sp³-hybridized carbons (Fsp3) is 0.188. The molecular weight excluding hydrogens is 377 g/mol. The Labute approximate surface area is 146 Å². The summed E-state index contributed by atoms with van der Waals surface area (Å²) in [5.41, 5.74) is -1.34. The quantitative estimate of drug-likeness (QED) is 0.570. The summed E-state index contributed by atoms with van der Waals surface area (Å²) in [5, 5.41) is -0.424. The van der Waals surface area contributed by atoms with Gasteiger partial charge >= 0.3 is 12.1 Å². The van der Waals surface area contributed by atoms with Crippen molar-refractivity contribution >= 4 is 27.6 Å². The molecule has 0 radical (unpaired) electrons. The molecule has 0 atom stereocenters. The van der Waals surface area contributed by atoms with E-state index in [-0.39, 0.29) is 15.4 Å². The molecule has 9 heteroatoms. The molecule has 2 aromatic rings. The highest BCUT2D eigenvalue weighted by Gasteiger charge is 2.32. The number of rotatable bonds is 5. The van der Waals surface area contributed by atoms with Crippen LogP contribution in [0.1, 0.15) is 15.9 Å². The van der Waals surface area contributed by atoms with Gasteiger partial charge in [-0.25, -0.2) is 13.2 Å². The van der Waals surface area contributed by atoms with Gasteiger partial charge in [0.25, 0.3) is 0 Å². The number of benzene rings is 2. The van der Waals surface area contributed by atoms with Crippen LogP contribution >= 0.6 is 11.8 Å². The molecule has 0 unspecified atom stereocenters. The number of halogens is 3. The highest BCUT2D eigenvalue weighted by molar-refractivity contribution is 8.12. The second-order valence-electron chi connectivity index (χ2n) is 4.89. The van der Waals surface area contributed by atoms with Crippen LogP contribution in [-0.2, 0) is 20.8 Å². The Hall–Kier alpha value is -2.00. The van der Waals surface area contributed by atoms with E-state index < -0.39 is 32.6 Å². The van der Waals surface area contributed by atoms with Gasteiger partial charge < -0.3 is 4.74 Å². The third kappa shape index (κ3) is 4.76. The van der Waals surface area contributed by atoms with E-state index in [9.17, 15) is 26.4 Å². The first kappa shape index (κ1) is 19.3. The number of methoxy groups -OCH3 is 1. The highest BCUT2D eigenvalue weighted by Crippen LogP contribution is 2.34. The average molecular weight is 390 g/mol. The summed E-state index contributed by atoms with van der Waals surface area (Å²) in [6.45, 7) is 0. The molecule has 134 valence electrons. The zero-order valence-corrected chi connectivity index (χ0v) is 14.5. The fourth-order valence-corrected chi connectivity index (χ4v) is 4.65. The van der Waals surface area contributed by atoms with Gasteiger partial charge in [-0.2, -0.15) is 13.2 Å². The van der Waals surface area contributed by atoms with Gasteiger partial charge in [0, 0.05) is 4.90 Å². The van der Waals surface area contributed by atoms with E-state index in [4.69, 9.17) is 0 Å². The van der Waals surface area contributed by atoms with Gasteiger partial charge in [0.05, 0.1) is 23.1 Å². The minimum Gasteiger partial charge on any atom is -0.465 e. The molecule has 0 N–H and O–H groups in total. The second kappa shape index (κ2) is 7.49. The molecule has 0 bridgehead atoms. The summed E-state index contributed by atoms with van der Waals surface area (Å²) in [4.78, 5) is 11.9. The number of thioether (sulfide) groups is 1. The summed E-state index contributed by atoms with van der Waals surface area (Å²) < 4.78 is 67.4. The van der Waals surface area contributed by atoms with Gasteiger partial charge in [-0.15, -0.1) is 11.8 Å². The van der Waals surface area contributed by atoms with Crippen LogP contribution in [0.4, 0.5) is 13.2 Å². The van der Waals surface area contributed by atoms with Crippen LogP contribution < -0.4 is 0 Å². The Morgan fingerprint density at radius 2 is 1.76 bits per heavy atom. The second-order valence-corrected chi connectivity index (χ2v) is 8.26. The number of hydrogen-bond donors (Lipinski definition) is 0. The lowest BCUT2D eigenvalue weighted by Gasteiger charge is -2.12. The van der Waals surface area contributed by atoms with Crippen molar-refractivity contribution in [2.75, 3.05) is 12.2 Å². The molecular formula is C16H13F3O4S2. The Morgan fingerprint density at radius 3 is 2.32 bits per heavy atom. The molecule has 0 aliphatic rings. The Kier molecular flexibility index (Phi) is 5.79. The summed E-state index contributed by atoms with van der Waals surface area (Å²) in [6, 6.07) is 10.2. The van der Waals surface area contributed by atoms with Gasteiger partial charge in [-0.1, -0.05) is 18.2 Å². The van der Waals surface area contributed by atoms with Crippen LogP contribution in [0.2, 0.25) is 0 Å². The van der Waals surface area contributed by atoms with Crippen molar-refractivity contribution < 1.29 is 31.1 Å². The number of sulfone groups is 1. The van der Waals surface area contributed by atoms with E-state index in [0.29, 0.717) is 6.07 Å². The number of alkyl halides is 3. The van der Waals surface area contributed by atoms with E-state index >= 15 is 0 Å². The number of ether oxygens (including phenoxy) is 1. The topological polar surface area (TPSA) is 60.4 Å². The minimum absolute atomic E-state index is 0.0917. The van der Waals surface area contributed by atoms with E-state index in [1.165, 1.54) is 12.1 Å². The van der Waals surface area contributed by atoms with Crippen molar-refractivity contribution in [3.05, 3.63) is 59.7 Å². The average Bonchev–Trinajstić information content (AvgIpc) is 2.59. The monoisotopic (exact) mass is 390 g/mol. The number of hydrogen-bond acceptors (Lipinski definition) is 5. The van der Waals surface area contributed by atoms with E-state index in [2.05, 4.69) is 4.74 Å². The van der Waals surface area contributed by atoms with Crippen molar-refractivity contribution in [2.45, 2.75) is 16.0 Å². The highest BCUT2D eigenvalue weighted by atomic mass is 32.3. The SMILES string of the molecule is COC(=O)c1cc(C(F)(F)F)ccc1SCS(=O)(=O)c1ccccc1. The first-order chi connectivity index (χ1) is 11.6. The summed E-state index contributed by atoms with van der Waals surface area (Å²) in [7, 11) is -2.62. The first-order valence-corrected chi connectivity index (χ1v) is 9.49. The molecule has 0 heterocycles. The molecule has 0 aliphatic carbocycles. The summed E-state index contributed by atoms with van der Waals surface area (Å²) in [5.74, 6) is -0.967. The zero-order chi connectivity index (χ0) is 18.7. The Balaban J connectivity index is 2.32. The Morgan fingerprint density at radius 1 is 1.12 bits per heavy atom. The predicted molar refractivity (Wildman–Crippen MR) is 87.1 cm³/mol. The molecule has 0 spiro atoms. The lowest BCUT2D eigenvalue weighted by molar-refractivity contribution is -0.137. The number of esters is 1. The lowest BCUT2D eigenvalue weighted by atomic mass is 10.1. The molecule has 0 aliphatic heterocycles. The summed E-state index contributed by atoms with van der Waals surface area (Å²) >= 11 is 0.756. The van der Waals surface area contributed by atoms with Gasteiger partial charge in [-0.05, 0) is 30.3 Å². The van der Waals surface area contributed by atoms with E-state index in [1.807, 2.05) is 0 Å². The Bertz CT molecular complexity index is 863. The van der Waals surface area contributed by atoms with Crippen LogP contribution in [0.3, 0.4) is 0 Å². The number of carbonyl (C=O) groups excluding carboxylic acids is 1. The number of carbonyl (C=O) groups is 1. The largest absolute Gasteiger partial charge is 0.465 e. The lowest BCUT2D eigenvalue weighted by Crippen LogP contribution is -2.10. The maximum Gasteiger partial charge on any atom is 0.416 e. The maximum absolute atomic E-state index is 12.8. The molecule has 25 heavy (non-hydrogen) atoms. The van der Waals surface area contributed by atoms with E-state index in [1.54, 1.807) is 18.2 Å². The van der Waals surface area contributed by atoms with Gasteiger partial charge in [0.15, 0.2) is 9.84 Å². The van der Waals surface area contributed by atoms with E-state index in [0.717, 1.165) is 31.0 Å². The molecule has 0 saturated carbocycles. The van der Waals surface area contributed by atoms with Crippen LogP contribution in [0, 0.1) is 0 Å².